The minimum atomic E-state index is -0.533. The fourth-order valence-electron chi connectivity index (χ4n) is 4.22. The fraction of sp³-hybridized carbons (Fsp3) is 0.267. The van der Waals surface area contributed by atoms with E-state index in [2.05, 4.69) is 24.0 Å². The molecule has 0 saturated heterocycles. The number of unbranched alkanes of at least 4 members (excludes halogenated alkanes) is 1. The Labute approximate surface area is 199 Å². The number of nitriles is 1. The first-order valence-corrected chi connectivity index (χ1v) is 11.9. The summed E-state index contributed by atoms with van der Waals surface area (Å²) in [7, 11) is 0. The van der Waals surface area contributed by atoms with Gasteiger partial charge in [0.25, 0.3) is 0 Å². The second kappa shape index (κ2) is 11.0. The summed E-state index contributed by atoms with van der Waals surface area (Å²) in [6, 6.07) is 20.3. The van der Waals surface area contributed by atoms with E-state index in [0.29, 0.717) is 23.8 Å². The van der Waals surface area contributed by atoms with Gasteiger partial charge in [0.1, 0.15) is 17.7 Å². The summed E-state index contributed by atoms with van der Waals surface area (Å²) in [5.41, 5.74) is 4.89. The van der Waals surface area contributed by atoms with Crippen LogP contribution in [0.2, 0.25) is 0 Å². The molecular formula is C30H28F2N2. The van der Waals surface area contributed by atoms with Crippen molar-refractivity contribution < 1.29 is 8.78 Å². The van der Waals surface area contributed by atoms with E-state index in [0.717, 1.165) is 41.5 Å². The summed E-state index contributed by atoms with van der Waals surface area (Å²) in [6.45, 7) is 2.19. The van der Waals surface area contributed by atoms with Crippen molar-refractivity contribution in [2.24, 2.45) is 0 Å². The van der Waals surface area contributed by atoms with Crippen molar-refractivity contribution in [1.29, 1.82) is 5.26 Å². The van der Waals surface area contributed by atoms with Crippen LogP contribution >= 0.6 is 0 Å². The van der Waals surface area contributed by atoms with E-state index in [9.17, 15) is 4.39 Å². The summed E-state index contributed by atoms with van der Waals surface area (Å²) < 4.78 is 29.0. The Balaban J connectivity index is 1.41. The maximum Gasteiger partial charge on any atom is 0.141 e. The molecule has 0 aliphatic rings. The number of aromatic nitrogens is 1. The molecule has 34 heavy (non-hydrogen) atoms. The molecule has 0 unspecified atom stereocenters. The van der Waals surface area contributed by atoms with Gasteiger partial charge in [-0.25, -0.2) is 8.78 Å². The van der Waals surface area contributed by atoms with Gasteiger partial charge in [-0.15, -0.1) is 0 Å². The average Bonchev–Trinajstić information content (AvgIpc) is 2.86. The lowest BCUT2D eigenvalue weighted by Crippen LogP contribution is -1.98. The first-order chi connectivity index (χ1) is 16.6. The molecule has 0 bridgehead atoms. The second-order valence-corrected chi connectivity index (χ2v) is 8.78. The van der Waals surface area contributed by atoms with Gasteiger partial charge in [-0.2, -0.15) is 5.26 Å². The smallest absolute Gasteiger partial charge is 0.141 e. The molecule has 1 aromatic heterocycles. The van der Waals surface area contributed by atoms with Crippen LogP contribution in [0.4, 0.5) is 8.78 Å². The Morgan fingerprint density at radius 2 is 1.56 bits per heavy atom. The molecular weight excluding hydrogens is 426 g/mol. The number of hydrogen-bond acceptors (Lipinski definition) is 2. The number of hydrogen-bond donors (Lipinski definition) is 0. The van der Waals surface area contributed by atoms with Gasteiger partial charge in [-0.05, 0) is 84.4 Å². The highest BCUT2D eigenvalue weighted by Gasteiger charge is 2.10. The minimum absolute atomic E-state index is 0.0243. The van der Waals surface area contributed by atoms with Crippen LogP contribution in [0, 0.1) is 23.0 Å². The van der Waals surface area contributed by atoms with Gasteiger partial charge in [-0.1, -0.05) is 55.8 Å². The monoisotopic (exact) mass is 454 g/mol. The first-order valence-electron chi connectivity index (χ1n) is 11.9. The molecule has 4 heteroatoms. The summed E-state index contributed by atoms with van der Waals surface area (Å²) in [6.07, 6.45) is 8.10. The van der Waals surface area contributed by atoms with Crippen LogP contribution in [-0.2, 0) is 32.1 Å². The topological polar surface area (TPSA) is 36.7 Å². The second-order valence-electron chi connectivity index (χ2n) is 8.78. The lowest BCUT2D eigenvalue weighted by Gasteiger charge is -2.09. The Bertz CT molecular complexity index is 1320. The zero-order valence-corrected chi connectivity index (χ0v) is 19.5. The molecule has 0 atom stereocenters. The predicted molar refractivity (Wildman–Crippen MR) is 133 cm³/mol. The number of halogens is 2. The SMILES string of the molecule is CCCCc1ccc(CCc2ccc3c(F)c(CCc4ccc(C#N)c(F)c4)ccc3c2)nc1. The van der Waals surface area contributed by atoms with Crippen LogP contribution in [0.1, 0.15) is 53.3 Å². The van der Waals surface area contributed by atoms with E-state index < -0.39 is 5.82 Å². The van der Waals surface area contributed by atoms with Crippen LogP contribution in [0.3, 0.4) is 0 Å². The van der Waals surface area contributed by atoms with Crippen molar-refractivity contribution in [3.05, 3.63) is 112 Å². The quantitative estimate of drug-likeness (QED) is 0.266. The van der Waals surface area contributed by atoms with Crippen molar-refractivity contribution in [2.75, 3.05) is 0 Å². The molecule has 0 saturated carbocycles. The molecule has 0 spiro atoms. The molecule has 0 aliphatic carbocycles. The number of benzene rings is 3. The van der Waals surface area contributed by atoms with Crippen molar-refractivity contribution in [3.8, 4) is 6.07 Å². The zero-order valence-electron chi connectivity index (χ0n) is 19.5. The summed E-state index contributed by atoms with van der Waals surface area (Å²) in [4.78, 5) is 4.60. The van der Waals surface area contributed by atoms with Crippen molar-refractivity contribution in [3.63, 3.8) is 0 Å². The van der Waals surface area contributed by atoms with E-state index in [4.69, 9.17) is 5.26 Å². The molecule has 0 aliphatic heterocycles. The van der Waals surface area contributed by atoms with E-state index in [1.165, 1.54) is 30.5 Å². The summed E-state index contributed by atoms with van der Waals surface area (Å²) in [5.74, 6) is -0.753. The van der Waals surface area contributed by atoms with Crippen LogP contribution in [0.15, 0.2) is 66.9 Å². The van der Waals surface area contributed by atoms with Gasteiger partial charge in [0.2, 0.25) is 0 Å². The van der Waals surface area contributed by atoms with Crippen LogP contribution in [0.25, 0.3) is 10.8 Å². The van der Waals surface area contributed by atoms with Gasteiger partial charge in [0.05, 0.1) is 5.56 Å². The van der Waals surface area contributed by atoms with Crippen LogP contribution in [0.5, 0.6) is 0 Å². The van der Waals surface area contributed by atoms with Gasteiger partial charge < -0.3 is 0 Å². The number of rotatable bonds is 9. The predicted octanol–water partition coefficient (Wildman–Crippen LogP) is 7.30. The molecule has 2 nitrogen and oxygen atoms in total. The van der Waals surface area contributed by atoms with E-state index in [1.54, 1.807) is 6.07 Å². The van der Waals surface area contributed by atoms with Gasteiger partial charge >= 0.3 is 0 Å². The Kier molecular flexibility index (Phi) is 7.65. The van der Waals surface area contributed by atoms with Crippen molar-refractivity contribution in [1.82, 2.24) is 4.98 Å². The van der Waals surface area contributed by atoms with Crippen LogP contribution in [-0.4, -0.2) is 4.98 Å². The minimum Gasteiger partial charge on any atom is -0.261 e. The molecule has 4 aromatic rings. The van der Waals surface area contributed by atoms with Crippen molar-refractivity contribution in [2.45, 2.75) is 51.9 Å². The highest BCUT2D eigenvalue weighted by Crippen LogP contribution is 2.24. The Hall–Kier alpha value is -3.58. The lowest BCUT2D eigenvalue weighted by atomic mass is 9.97. The maximum atomic E-state index is 15.2. The van der Waals surface area contributed by atoms with Gasteiger partial charge in [0.15, 0.2) is 0 Å². The molecule has 0 N–H and O–H groups in total. The number of aryl methyl sites for hydroxylation is 5. The molecule has 0 fully saturated rings. The average molecular weight is 455 g/mol. The van der Waals surface area contributed by atoms with Crippen molar-refractivity contribution >= 4 is 10.8 Å². The van der Waals surface area contributed by atoms with Crippen LogP contribution < -0.4 is 0 Å². The Morgan fingerprint density at radius 1 is 0.794 bits per heavy atom. The highest BCUT2D eigenvalue weighted by molar-refractivity contribution is 5.84. The third-order valence-electron chi connectivity index (χ3n) is 6.31. The largest absolute Gasteiger partial charge is 0.261 e. The standard InChI is InChI=1S/C30H28F2N2/c1-2-3-4-23-8-15-27(34-20-23)14-7-21-9-16-28-25(17-21)13-12-24(30(28)32)10-5-22-6-11-26(19-33)29(31)18-22/h6,8-9,11-13,15-18,20H,2-5,7,10,14H2,1H3. The van der Waals surface area contributed by atoms with E-state index in [-0.39, 0.29) is 11.4 Å². The number of nitrogens with zero attached hydrogens (tertiary/aromatic N) is 2. The Morgan fingerprint density at radius 3 is 2.29 bits per heavy atom. The zero-order chi connectivity index (χ0) is 23.9. The third-order valence-corrected chi connectivity index (χ3v) is 6.31. The molecule has 0 radical (unpaired) electrons. The molecule has 1 heterocycles. The summed E-state index contributed by atoms with van der Waals surface area (Å²) in [5, 5.41) is 10.3. The molecule has 3 aromatic carbocycles. The number of fused-ring (bicyclic) bond motifs is 1. The molecule has 4 rings (SSSR count). The maximum absolute atomic E-state index is 15.2. The van der Waals surface area contributed by atoms with E-state index in [1.807, 2.05) is 42.6 Å². The fourth-order valence-corrected chi connectivity index (χ4v) is 4.22. The lowest BCUT2D eigenvalue weighted by molar-refractivity contribution is 0.616. The number of pyridine rings is 1. The molecule has 0 amide bonds. The highest BCUT2D eigenvalue weighted by atomic mass is 19.1. The molecule has 172 valence electrons. The summed E-state index contributed by atoms with van der Waals surface area (Å²) >= 11 is 0. The van der Waals surface area contributed by atoms with Gasteiger partial charge in [0, 0.05) is 17.3 Å². The van der Waals surface area contributed by atoms with Gasteiger partial charge in [-0.3, -0.25) is 4.98 Å². The third kappa shape index (κ3) is 5.66. The van der Waals surface area contributed by atoms with E-state index >= 15 is 4.39 Å². The normalized spacial score (nSPS) is 11.0. The first kappa shape index (κ1) is 23.6.